The lowest BCUT2D eigenvalue weighted by atomic mass is 9.78. The molecule has 0 saturated carbocycles. The summed E-state index contributed by atoms with van der Waals surface area (Å²) in [7, 11) is 0. The van der Waals surface area contributed by atoms with Crippen molar-refractivity contribution in [1.29, 1.82) is 0 Å². The van der Waals surface area contributed by atoms with Crippen LogP contribution < -0.4 is 4.74 Å². The van der Waals surface area contributed by atoms with Crippen molar-refractivity contribution < 1.29 is 22.3 Å². The summed E-state index contributed by atoms with van der Waals surface area (Å²) in [6.45, 7) is 3.83. The van der Waals surface area contributed by atoms with Crippen LogP contribution in [0.3, 0.4) is 0 Å². The molecule has 0 aliphatic carbocycles. The molecule has 21 heavy (non-hydrogen) atoms. The smallest absolute Gasteiger partial charge is 0.406 e. The van der Waals surface area contributed by atoms with Crippen LogP contribution in [-0.4, -0.2) is 6.36 Å². The van der Waals surface area contributed by atoms with E-state index in [0.29, 0.717) is 0 Å². The molecule has 0 spiro atoms. The van der Waals surface area contributed by atoms with Crippen molar-refractivity contribution in [2.45, 2.75) is 25.6 Å². The molecule has 112 valence electrons. The second-order valence-corrected chi connectivity index (χ2v) is 5.20. The summed E-state index contributed by atoms with van der Waals surface area (Å²) in [5.74, 6) is -0.593. The van der Waals surface area contributed by atoms with Crippen molar-refractivity contribution in [1.82, 2.24) is 0 Å². The van der Waals surface area contributed by atoms with Crippen LogP contribution in [0.2, 0.25) is 0 Å². The van der Waals surface area contributed by atoms with Gasteiger partial charge in [0.25, 0.3) is 0 Å². The van der Waals surface area contributed by atoms with Crippen LogP contribution >= 0.6 is 0 Å². The predicted octanol–water partition coefficient (Wildman–Crippen LogP) is 5.05. The normalized spacial score (nSPS) is 12.3. The Bertz CT molecular complexity index is 598. The molecule has 0 atom stereocenters. The summed E-state index contributed by atoms with van der Waals surface area (Å²) in [5, 5.41) is 0. The van der Waals surface area contributed by atoms with E-state index in [1.165, 1.54) is 24.3 Å². The van der Waals surface area contributed by atoms with Gasteiger partial charge in [0.1, 0.15) is 11.6 Å². The average molecular weight is 298 g/mol. The van der Waals surface area contributed by atoms with Crippen molar-refractivity contribution in [2.75, 3.05) is 0 Å². The summed E-state index contributed by atoms with van der Waals surface area (Å²) < 4.78 is 53.2. The Morgan fingerprint density at radius 2 is 1.19 bits per heavy atom. The van der Waals surface area contributed by atoms with Crippen LogP contribution in [0, 0.1) is 5.82 Å². The second kappa shape index (κ2) is 5.39. The SMILES string of the molecule is CC(C)(c1ccc(F)cc1)c1ccc(OC(F)(F)F)cc1. The molecule has 0 aromatic heterocycles. The van der Waals surface area contributed by atoms with Crippen LogP contribution in [0.4, 0.5) is 17.6 Å². The molecule has 0 saturated heterocycles. The third kappa shape index (κ3) is 3.74. The fourth-order valence-electron chi connectivity index (χ4n) is 2.11. The Labute approximate surface area is 120 Å². The van der Waals surface area contributed by atoms with Gasteiger partial charge in [0.05, 0.1) is 0 Å². The third-order valence-corrected chi connectivity index (χ3v) is 3.38. The first-order valence-corrected chi connectivity index (χ1v) is 6.31. The fraction of sp³-hybridized carbons (Fsp3) is 0.250. The molecule has 0 fully saturated rings. The van der Waals surface area contributed by atoms with Crippen LogP contribution in [0.1, 0.15) is 25.0 Å². The first kappa shape index (κ1) is 15.4. The largest absolute Gasteiger partial charge is 0.573 e. The Kier molecular flexibility index (Phi) is 3.94. The molecule has 0 bridgehead atoms. The van der Waals surface area contributed by atoms with Gasteiger partial charge in [0.2, 0.25) is 0 Å². The van der Waals surface area contributed by atoms with Crippen LogP contribution in [0.25, 0.3) is 0 Å². The van der Waals surface area contributed by atoms with E-state index in [4.69, 9.17) is 0 Å². The monoisotopic (exact) mass is 298 g/mol. The highest BCUT2D eigenvalue weighted by Gasteiger charge is 2.31. The number of halogens is 4. The van der Waals surface area contributed by atoms with E-state index in [2.05, 4.69) is 4.74 Å². The summed E-state index contributed by atoms with van der Waals surface area (Å²) >= 11 is 0. The first-order valence-electron chi connectivity index (χ1n) is 6.31. The lowest BCUT2D eigenvalue weighted by Crippen LogP contribution is -2.19. The summed E-state index contributed by atoms with van der Waals surface area (Å²) in [5.41, 5.74) is 1.22. The van der Waals surface area contributed by atoms with Crippen molar-refractivity contribution in [3.8, 4) is 5.75 Å². The molecule has 0 heterocycles. The van der Waals surface area contributed by atoms with Gasteiger partial charge >= 0.3 is 6.36 Å². The quantitative estimate of drug-likeness (QED) is 0.720. The lowest BCUT2D eigenvalue weighted by Gasteiger charge is -2.26. The second-order valence-electron chi connectivity index (χ2n) is 5.20. The Morgan fingerprint density at radius 3 is 1.62 bits per heavy atom. The van der Waals surface area contributed by atoms with Gasteiger partial charge in [0.15, 0.2) is 0 Å². The van der Waals surface area contributed by atoms with Gasteiger partial charge in [-0.15, -0.1) is 13.2 Å². The topological polar surface area (TPSA) is 9.23 Å². The molecular formula is C16H14F4O. The zero-order valence-electron chi connectivity index (χ0n) is 11.5. The maximum Gasteiger partial charge on any atom is 0.573 e. The molecule has 5 heteroatoms. The van der Waals surface area contributed by atoms with E-state index < -0.39 is 11.8 Å². The van der Waals surface area contributed by atoms with E-state index in [-0.39, 0.29) is 11.6 Å². The minimum absolute atomic E-state index is 0.263. The average Bonchev–Trinajstić information content (AvgIpc) is 2.38. The summed E-state index contributed by atoms with van der Waals surface area (Å²) in [4.78, 5) is 0. The molecule has 2 rings (SSSR count). The Balaban J connectivity index is 2.26. The number of rotatable bonds is 3. The van der Waals surface area contributed by atoms with E-state index in [9.17, 15) is 17.6 Å². The first-order chi connectivity index (χ1) is 9.68. The Hall–Kier alpha value is -2.04. The third-order valence-electron chi connectivity index (χ3n) is 3.38. The van der Waals surface area contributed by atoms with Crippen LogP contribution in [-0.2, 0) is 5.41 Å². The molecule has 0 aliphatic heterocycles. The molecule has 2 aromatic carbocycles. The van der Waals surface area contributed by atoms with E-state index in [1.807, 2.05) is 13.8 Å². The molecule has 0 amide bonds. The lowest BCUT2D eigenvalue weighted by molar-refractivity contribution is -0.274. The highest BCUT2D eigenvalue weighted by Crippen LogP contribution is 2.33. The van der Waals surface area contributed by atoms with E-state index in [1.54, 1.807) is 24.3 Å². The standard InChI is InChI=1S/C16H14F4O/c1-15(2,11-3-7-13(17)8-4-11)12-5-9-14(10-6-12)21-16(18,19)20/h3-10H,1-2H3. The van der Waals surface area contributed by atoms with Crippen molar-refractivity contribution in [2.24, 2.45) is 0 Å². The molecule has 0 unspecified atom stereocenters. The minimum atomic E-state index is -4.70. The van der Waals surface area contributed by atoms with Crippen LogP contribution in [0.15, 0.2) is 48.5 Å². The van der Waals surface area contributed by atoms with Crippen LogP contribution in [0.5, 0.6) is 5.75 Å². The van der Waals surface area contributed by atoms with Gasteiger partial charge in [-0.2, -0.15) is 0 Å². The summed E-state index contributed by atoms with van der Waals surface area (Å²) in [6, 6.07) is 11.7. The predicted molar refractivity (Wildman–Crippen MR) is 71.7 cm³/mol. The summed E-state index contributed by atoms with van der Waals surface area (Å²) in [6.07, 6.45) is -4.70. The van der Waals surface area contributed by atoms with E-state index >= 15 is 0 Å². The number of benzene rings is 2. The molecule has 0 aliphatic rings. The van der Waals surface area contributed by atoms with Gasteiger partial charge in [-0.05, 0) is 35.4 Å². The molecule has 2 aromatic rings. The van der Waals surface area contributed by atoms with Gasteiger partial charge in [0, 0.05) is 5.41 Å². The fourth-order valence-corrected chi connectivity index (χ4v) is 2.11. The zero-order valence-corrected chi connectivity index (χ0v) is 11.5. The Morgan fingerprint density at radius 1 is 0.762 bits per heavy atom. The minimum Gasteiger partial charge on any atom is -0.406 e. The van der Waals surface area contributed by atoms with Crippen molar-refractivity contribution >= 4 is 0 Å². The number of hydrogen-bond donors (Lipinski definition) is 0. The number of alkyl halides is 3. The molecule has 1 nitrogen and oxygen atoms in total. The van der Waals surface area contributed by atoms with Crippen molar-refractivity contribution in [3.63, 3.8) is 0 Å². The maximum atomic E-state index is 13.0. The van der Waals surface area contributed by atoms with Gasteiger partial charge in [-0.25, -0.2) is 4.39 Å². The van der Waals surface area contributed by atoms with Gasteiger partial charge in [-0.1, -0.05) is 38.1 Å². The number of ether oxygens (including phenoxy) is 1. The zero-order chi connectivity index (χ0) is 15.7. The molecule has 0 radical (unpaired) electrons. The van der Waals surface area contributed by atoms with Crippen molar-refractivity contribution in [3.05, 3.63) is 65.5 Å². The number of hydrogen-bond acceptors (Lipinski definition) is 1. The van der Waals surface area contributed by atoms with Gasteiger partial charge in [-0.3, -0.25) is 0 Å². The highest BCUT2D eigenvalue weighted by atomic mass is 19.4. The van der Waals surface area contributed by atoms with E-state index in [0.717, 1.165) is 11.1 Å². The van der Waals surface area contributed by atoms with Gasteiger partial charge < -0.3 is 4.74 Å². The molecular weight excluding hydrogens is 284 g/mol. The molecule has 0 N–H and O–H groups in total. The highest BCUT2D eigenvalue weighted by molar-refractivity contribution is 5.40. The maximum absolute atomic E-state index is 13.0.